The van der Waals surface area contributed by atoms with Crippen LogP contribution in [0.5, 0.6) is 5.75 Å². The number of ketones is 1. The zero-order valence-electron chi connectivity index (χ0n) is 13.6. The minimum atomic E-state index is -3.04. The summed E-state index contributed by atoms with van der Waals surface area (Å²) in [6, 6.07) is 6.68. The summed E-state index contributed by atoms with van der Waals surface area (Å²) in [7, 11) is -3.04. The minimum absolute atomic E-state index is 0.0409. The van der Waals surface area contributed by atoms with Crippen molar-refractivity contribution in [2.24, 2.45) is 0 Å². The molecule has 3 rings (SSSR count). The van der Waals surface area contributed by atoms with E-state index in [2.05, 4.69) is 0 Å². The normalized spacial score (nSPS) is 22.1. The number of para-hydroxylation sites is 1. The van der Waals surface area contributed by atoms with E-state index in [0.717, 1.165) is 12.8 Å². The summed E-state index contributed by atoms with van der Waals surface area (Å²) >= 11 is 0. The van der Waals surface area contributed by atoms with Crippen LogP contribution >= 0.6 is 0 Å². The van der Waals surface area contributed by atoms with E-state index in [-0.39, 0.29) is 41.9 Å². The van der Waals surface area contributed by atoms with Gasteiger partial charge >= 0.3 is 0 Å². The molecule has 1 heterocycles. The van der Waals surface area contributed by atoms with Crippen LogP contribution in [0, 0.1) is 0 Å². The number of hydrogen-bond donors (Lipinski definition) is 0. The molecule has 2 aliphatic rings. The molecule has 1 aromatic rings. The second kappa shape index (κ2) is 6.55. The van der Waals surface area contributed by atoms with Crippen LogP contribution in [0.3, 0.4) is 0 Å². The van der Waals surface area contributed by atoms with Crippen LogP contribution in [0.1, 0.15) is 36.5 Å². The number of sulfone groups is 1. The van der Waals surface area contributed by atoms with Crippen LogP contribution in [0.4, 0.5) is 0 Å². The number of ether oxygens (including phenoxy) is 1. The average Bonchev–Trinajstić information content (AvgIpc) is 3.29. The van der Waals surface area contributed by atoms with Crippen LogP contribution in [0.2, 0.25) is 0 Å². The maximum atomic E-state index is 12.6. The Bertz CT molecular complexity index is 754. The van der Waals surface area contributed by atoms with Gasteiger partial charge in [0, 0.05) is 12.1 Å². The van der Waals surface area contributed by atoms with Gasteiger partial charge in [-0.1, -0.05) is 12.1 Å². The Balaban J connectivity index is 1.68. The van der Waals surface area contributed by atoms with Gasteiger partial charge in [-0.15, -0.1) is 0 Å². The van der Waals surface area contributed by atoms with Gasteiger partial charge in [0.25, 0.3) is 5.91 Å². The lowest BCUT2D eigenvalue weighted by Gasteiger charge is -2.28. The predicted molar refractivity (Wildman–Crippen MR) is 88.9 cm³/mol. The van der Waals surface area contributed by atoms with E-state index in [1.807, 2.05) is 0 Å². The van der Waals surface area contributed by atoms with Crippen molar-refractivity contribution in [2.45, 2.75) is 38.3 Å². The fourth-order valence-electron chi connectivity index (χ4n) is 3.15. The van der Waals surface area contributed by atoms with E-state index in [4.69, 9.17) is 4.74 Å². The molecule has 1 aliphatic carbocycles. The van der Waals surface area contributed by atoms with Crippen molar-refractivity contribution < 1.29 is 22.7 Å². The van der Waals surface area contributed by atoms with Gasteiger partial charge in [-0.25, -0.2) is 8.42 Å². The SMILES string of the molecule is CC(=O)c1ccccc1OCC(=O)N(C1CC1)[C@@H]1CCS(=O)(=O)C1. The van der Waals surface area contributed by atoms with E-state index in [0.29, 0.717) is 17.7 Å². The summed E-state index contributed by atoms with van der Waals surface area (Å²) in [5, 5.41) is 0. The van der Waals surface area contributed by atoms with Crippen molar-refractivity contribution in [2.75, 3.05) is 18.1 Å². The third-order valence-electron chi connectivity index (χ3n) is 4.45. The molecule has 6 nitrogen and oxygen atoms in total. The first-order valence-electron chi connectivity index (χ1n) is 8.12. The maximum absolute atomic E-state index is 12.6. The van der Waals surface area contributed by atoms with Gasteiger partial charge in [-0.05, 0) is 38.3 Å². The van der Waals surface area contributed by atoms with Crippen LogP contribution < -0.4 is 4.74 Å². The topological polar surface area (TPSA) is 80.8 Å². The number of hydrogen-bond acceptors (Lipinski definition) is 5. The number of carbonyl (C=O) groups excluding carboxylic acids is 2. The highest BCUT2D eigenvalue weighted by atomic mass is 32.2. The summed E-state index contributed by atoms with van der Waals surface area (Å²) in [6.07, 6.45) is 2.31. The Morgan fingerprint density at radius 2 is 1.88 bits per heavy atom. The van der Waals surface area contributed by atoms with E-state index in [1.165, 1.54) is 6.92 Å². The number of nitrogens with zero attached hydrogens (tertiary/aromatic N) is 1. The zero-order chi connectivity index (χ0) is 17.3. The molecule has 1 atom stereocenters. The molecule has 1 saturated carbocycles. The molecule has 1 aromatic carbocycles. The van der Waals surface area contributed by atoms with Crippen molar-refractivity contribution >= 4 is 21.5 Å². The van der Waals surface area contributed by atoms with Gasteiger partial charge in [0.15, 0.2) is 22.2 Å². The summed E-state index contributed by atoms with van der Waals surface area (Å²) < 4.78 is 29.0. The third-order valence-corrected chi connectivity index (χ3v) is 6.20. The lowest BCUT2D eigenvalue weighted by Crippen LogP contribution is -2.45. The summed E-state index contributed by atoms with van der Waals surface area (Å²) in [4.78, 5) is 25.9. The first-order valence-corrected chi connectivity index (χ1v) is 9.94. The van der Waals surface area contributed by atoms with Gasteiger partial charge in [0.05, 0.1) is 17.1 Å². The molecule has 0 N–H and O–H groups in total. The largest absolute Gasteiger partial charge is 0.483 e. The zero-order valence-corrected chi connectivity index (χ0v) is 14.4. The van der Waals surface area contributed by atoms with Gasteiger partial charge in [0.1, 0.15) is 5.75 Å². The first-order chi connectivity index (χ1) is 11.4. The molecule has 1 aliphatic heterocycles. The van der Waals surface area contributed by atoms with Crippen molar-refractivity contribution in [3.63, 3.8) is 0 Å². The lowest BCUT2D eigenvalue weighted by molar-refractivity contribution is -0.135. The monoisotopic (exact) mass is 351 g/mol. The standard InChI is InChI=1S/C17H21NO5S/c1-12(19)15-4-2-3-5-16(15)23-10-17(20)18(13-6-7-13)14-8-9-24(21,22)11-14/h2-5,13-14H,6-11H2,1H3/t14-/m1/s1. The fourth-order valence-corrected chi connectivity index (χ4v) is 4.86. The summed E-state index contributed by atoms with van der Waals surface area (Å²) in [5.41, 5.74) is 0.437. The molecule has 1 amide bonds. The van der Waals surface area contributed by atoms with Crippen molar-refractivity contribution in [1.29, 1.82) is 0 Å². The highest BCUT2D eigenvalue weighted by Gasteiger charge is 2.42. The van der Waals surface area contributed by atoms with E-state index >= 15 is 0 Å². The molecule has 24 heavy (non-hydrogen) atoms. The predicted octanol–water partition coefficient (Wildman–Crippen LogP) is 1.45. The van der Waals surface area contributed by atoms with Crippen LogP contribution in [-0.2, 0) is 14.6 Å². The van der Waals surface area contributed by atoms with Gasteiger partial charge in [-0.3, -0.25) is 9.59 Å². The second-order valence-corrected chi connectivity index (χ2v) is 8.66. The molecule has 7 heteroatoms. The molecule has 130 valence electrons. The quantitative estimate of drug-likeness (QED) is 0.725. The van der Waals surface area contributed by atoms with Gasteiger partial charge in [0.2, 0.25) is 0 Å². The summed E-state index contributed by atoms with van der Waals surface area (Å²) in [6.45, 7) is 1.27. The number of amides is 1. The Morgan fingerprint density at radius 3 is 2.46 bits per heavy atom. The number of carbonyl (C=O) groups is 2. The Labute approximate surface area is 141 Å². The molecular formula is C17H21NO5S. The highest BCUT2D eigenvalue weighted by molar-refractivity contribution is 7.91. The molecule has 1 saturated heterocycles. The van der Waals surface area contributed by atoms with Crippen molar-refractivity contribution in [3.8, 4) is 5.75 Å². The van der Waals surface area contributed by atoms with Crippen LogP contribution in [-0.4, -0.2) is 55.2 Å². The molecular weight excluding hydrogens is 330 g/mol. The molecule has 0 radical (unpaired) electrons. The smallest absolute Gasteiger partial charge is 0.261 e. The summed E-state index contributed by atoms with van der Waals surface area (Å²) in [5.74, 6) is 0.228. The van der Waals surface area contributed by atoms with Gasteiger partial charge in [-0.2, -0.15) is 0 Å². The number of rotatable bonds is 6. The lowest BCUT2D eigenvalue weighted by atomic mass is 10.1. The molecule has 0 spiro atoms. The van der Waals surface area contributed by atoms with Crippen LogP contribution in [0.15, 0.2) is 24.3 Å². The van der Waals surface area contributed by atoms with Crippen molar-refractivity contribution in [1.82, 2.24) is 4.90 Å². The Morgan fingerprint density at radius 1 is 1.17 bits per heavy atom. The van der Waals surface area contributed by atoms with Crippen molar-refractivity contribution in [3.05, 3.63) is 29.8 Å². The molecule has 2 fully saturated rings. The molecule has 0 bridgehead atoms. The Kier molecular flexibility index (Phi) is 4.62. The van der Waals surface area contributed by atoms with E-state index < -0.39 is 9.84 Å². The molecule has 0 unspecified atom stereocenters. The third kappa shape index (κ3) is 3.77. The van der Waals surface area contributed by atoms with Gasteiger partial charge < -0.3 is 9.64 Å². The minimum Gasteiger partial charge on any atom is -0.483 e. The average molecular weight is 351 g/mol. The van der Waals surface area contributed by atoms with E-state index in [9.17, 15) is 18.0 Å². The first kappa shape index (κ1) is 17.0. The highest BCUT2D eigenvalue weighted by Crippen LogP contribution is 2.32. The number of benzene rings is 1. The van der Waals surface area contributed by atoms with E-state index in [1.54, 1.807) is 29.2 Å². The second-order valence-electron chi connectivity index (χ2n) is 6.43. The number of Topliss-reactive ketones (excluding diaryl/α,β-unsaturated/α-hetero) is 1. The fraction of sp³-hybridized carbons (Fsp3) is 0.529. The molecule has 0 aromatic heterocycles. The maximum Gasteiger partial charge on any atom is 0.261 e. The Hall–Kier alpha value is -1.89. The van der Waals surface area contributed by atoms with Crippen LogP contribution in [0.25, 0.3) is 0 Å².